The van der Waals surface area contributed by atoms with Gasteiger partial charge in [-0.2, -0.15) is 0 Å². The molecule has 0 bridgehead atoms. The van der Waals surface area contributed by atoms with Gasteiger partial charge in [0.25, 0.3) is 0 Å². The van der Waals surface area contributed by atoms with Crippen molar-refractivity contribution in [2.24, 2.45) is 5.92 Å². The Balaban J connectivity index is 2.66. The normalized spacial score (nSPS) is 12.9. The van der Waals surface area contributed by atoms with Crippen molar-refractivity contribution in [3.05, 3.63) is 34.9 Å². The topological polar surface area (TPSA) is 0 Å². The second-order valence-corrected chi connectivity index (χ2v) is 4.42. The summed E-state index contributed by atoms with van der Waals surface area (Å²) in [6.45, 7) is 9.06. The Morgan fingerprint density at radius 1 is 1.14 bits per heavy atom. The first kappa shape index (κ1) is 11.3. The molecule has 0 aliphatic heterocycles. The molecule has 0 N–H and O–H groups in total. The molecule has 0 heteroatoms. The van der Waals surface area contributed by atoms with Gasteiger partial charge in [0.1, 0.15) is 0 Å². The van der Waals surface area contributed by atoms with Crippen LogP contribution in [0.15, 0.2) is 18.2 Å². The van der Waals surface area contributed by atoms with Crippen LogP contribution in [0, 0.1) is 19.8 Å². The molecular weight excluding hydrogens is 168 g/mol. The van der Waals surface area contributed by atoms with Crippen molar-refractivity contribution in [2.75, 3.05) is 0 Å². The predicted octanol–water partition coefficient (Wildman–Crippen LogP) is 4.28. The van der Waals surface area contributed by atoms with E-state index in [9.17, 15) is 0 Å². The van der Waals surface area contributed by atoms with E-state index >= 15 is 0 Å². The van der Waals surface area contributed by atoms with Crippen molar-refractivity contribution in [1.29, 1.82) is 0 Å². The predicted molar refractivity (Wildman–Crippen MR) is 63.7 cm³/mol. The number of aryl methyl sites for hydroxylation is 2. The SMILES string of the molecule is CCC(C)CCc1c(C)cccc1C. The third-order valence-corrected chi connectivity index (χ3v) is 3.23. The number of hydrogen-bond acceptors (Lipinski definition) is 0. The maximum Gasteiger partial charge on any atom is -0.0271 e. The molecule has 1 unspecified atom stereocenters. The summed E-state index contributed by atoms with van der Waals surface area (Å²) in [5.41, 5.74) is 4.47. The lowest BCUT2D eigenvalue weighted by Gasteiger charge is -2.12. The van der Waals surface area contributed by atoms with Gasteiger partial charge in [0.05, 0.1) is 0 Å². The summed E-state index contributed by atoms with van der Waals surface area (Å²) in [6.07, 6.45) is 3.86. The van der Waals surface area contributed by atoms with Gasteiger partial charge >= 0.3 is 0 Å². The standard InChI is InChI=1S/C14H22/c1-5-11(2)9-10-14-12(3)7-6-8-13(14)4/h6-8,11H,5,9-10H2,1-4H3. The average Bonchev–Trinajstić information content (AvgIpc) is 2.16. The first-order valence-corrected chi connectivity index (χ1v) is 5.70. The van der Waals surface area contributed by atoms with Crippen LogP contribution in [0.4, 0.5) is 0 Å². The molecule has 1 aromatic carbocycles. The average molecular weight is 190 g/mol. The van der Waals surface area contributed by atoms with Gasteiger partial charge in [-0.3, -0.25) is 0 Å². The Bertz CT molecular complexity index is 266. The Hall–Kier alpha value is -0.780. The highest BCUT2D eigenvalue weighted by molar-refractivity contribution is 5.33. The minimum Gasteiger partial charge on any atom is -0.0651 e. The van der Waals surface area contributed by atoms with Gasteiger partial charge in [-0.25, -0.2) is 0 Å². The maximum atomic E-state index is 2.34. The molecule has 1 rings (SSSR count). The Kier molecular flexibility index (Phi) is 4.19. The molecule has 0 nitrogen and oxygen atoms in total. The summed E-state index contributed by atoms with van der Waals surface area (Å²) in [5, 5.41) is 0. The summed E-state index contributed by atoms with van der Waals surface area (Å²) >= 11 is 0. The maximum absolute atomic E-state index is 2.34. The fraction of sp³-hybridized carbons (Fsp3) is 0.571. The first-order chi connectivity index (χ1) is 6.65. The van der Waals surface area contributed by atoms with Crippen LogP contribution in [-0.2, 0) is 6.42 Å². The summed E-state index contributed by atoms with van der Waals surface area (Å²) in [7, 11) is 0. The van der Waals surface area contributed by atoms with E-state index in [1.54, 1.807) is 5.56 Å². The molecule has 1 atom stereocenters. The van der Waals surface area contributed by atoms with Crippen molar-refractivity contribution >= 4 is 0 Å². The molecule has 0 aliphatic rings. The number of hydrogen-bond donors (Lipinski definition) is 0. The van der Waals surface area contributed by atoms with E-state index in [0.29, 0.717) is 0 Å². The molecule has 78 valence electrons. The quantitative estimate of drug-likeness (QED) is 0.664. The molecule has 0 heterocycles. The summed E-state index contributed by atoms with van der Waals surface area (Å²) in [5.74, 6) is 0.856. The van der Waals surface area contributed by atoms with Gasteiger partial charge in [0.15, 0.2) is 0 Å². The Labute approximate surface area is 88.4 Å². The summed E-state index contributed by atoms with van der Waals surface area (Å²) in [6, 6.07) is 6.59. The van der Waals surface area contributed by atoms with Crippen LogP contribution >= 0.6 is 0 Å². The molecule has 1 aromatic rings. The highest BCUT2D eigenvalue weighted by atomic mass is 14.1. The van der Waals surface area contributed by atoms with E-state index in [1.165, 1.54) is 30.4 Å². The summed E-state index contributed by atoms with van der Waals surface area (Å²) < 4.78 is 0. The van der Waals surface area contributed by atoms with Gasteiger partial charge in [-0.05, 0) is 49.3 Å². The van der Waals surface area contributed by atoms with Crippen LogP contribution in [-0.4, -0.2) is 0 Å². The van der Waals surface area contributed by atoms with Crippen molar-refractivity contribution < 1.29 is 0 Å². The second kappa shape index (κ2) is 5.19. The number of rotatable bonds is 4. The van der Waals surface area contributed by atoms with E-state index in [2.05, 4.69) is 45.9 Å². The second-order valence-electron chi connectivity index (χ2n) is 4.42. The van der Waals surface area contributed by atoms with Gasteiger partial charge in [0.2, 0.25) is 0 Å². The van der Waals surface area contributed by atoms with Gasteiger partial charge in [-0.1, -0.05) is 38.5 Å². The smallest absolute Gasteiger partial charge is 0.0271 e. The fourth-order valence-electron chi connectivity index (χ4n) is 1.84. The van der Waals surface area contributed by atoms with E-state index in [-0.39, 0.29) is 0 Å². The first-order valence-electron chi connectivity index (χ1n) is 5.70. The lowest BCUT2D eigenvalue weighted by Crippen LogP contribution is -1.99. The highest BCUT2D eigenvalue weighted by Crippen LogP contribution is 2.18. The molecule has 0 radical (unpaired) electrons. The van der Waals surface area contributed by atoms with Crippen molar-refractivity contribution in [1.82, 2.24) is 0 Å². The van der Waals surface area contributed by atoms with E-state index in [0.717, 1.165) is 5.92 Å². The fourth-order valence-corrected chi connectivity index (χ4v) is 1.84. The lowest BCUT2D eigenvalue weighted by molar-refractivity contribution is 0.515. The third kappa shape index (κ3) is 2.87. The highest BCUT2D eigenvalue weighted by Gasteiger charge is 2.04. The van der Waals surface area contributed by atoms with E-state index < -0.39 is 0 Å². The van der Waals surface area contributed by atoms with E-state index in [4.69, 9.17) is 0 Å². The van der Waals surface area contributed by atoms with Crippen molar-refractivity contribution in [2.45, 2.75) is 47.0 Å². The molecule has 0 aliphatic carbocycles. The summed E-state index contributed by atoms with van der Waals surface area (Å²) in [4.78, 5) is 0. The van der Waals surface area contributed by atoms with Crippen LogP contribution in [0.25, 0.3) is 0 Å². The van der Waals surface area contributed by atoms with Crippen LogP contribution in [0.5, 0.6) is 0 Å². The lowest BCUT2D eigenvalue weighted by atomic mass is 9.94. The van der Waals surface area contributed by atoms with Gasteiger partial charge in [0, 0.05) is 0 Å². The zero-order valence-electron chi connectivity index (χ0n) is 9.93. The Morgan fingerprint density at radius 3 is 2.21 bits per heavy atom. The van der Waals surface area contributed by atoms with Crippen LogP contribution in [0.1, 0.15) is 43.4 Å². The van der Waals surface area contributed by atoms with Crippen molar-refractivity contribution in [3.63, 3.8) is 0 Å². The minimum atomic E-state index is 0.856. The number of benzene rings is 1. The van der Waals surface area contributed by atoms with Gasteiger partial charge in [-0.15, -0.1) is 0 Å². The molecule has 0 amide bonds. The monoisotopic (exact) mass is 190 g/mol. The molecule has 0 fully saturated rings. The molecular formula is C14H22. The zero-order valence-corrected chi connectivity index (χ0v) is 9.93. The Morgan fingerprint density at radius 2 is 1.71 bits per heavy atom. The molecule has 0 saturated heterocycles. The van der Waals surface area contributed by atoms with Crippen molar-refractivity contribution in [3.8, 4) is 0 Å². The molecule has 0 aromatic heterocycles. The van der Waals surface area contributed by atoms with Crippen LogP contribution < -0.4 is 0 Å². The molecule has 0 saturated carbocycles. The van der Waals surface area contributed by atoms with Crippen LogP contribution in [0.3, 0.4) is 0 Å². The minimum absolute atomic E-state index is 0.856. The third-order valence-electron chi connectivity index (χ3n) is 3.23. The largest absolute Gasteiger partial charge is 0.0651 e. The van der Waals surface area contributed by atoms with Gasteiger partial charge < -0.3 is 0 Å². The molecule has 0 spiro atoms. The van der Waals surface area contributed by atoms with E-state index in [1.807, 2.05) is 0 Å². The van der Waals surface area contributed by atoms with Crippen LogP contribution in [0.2, 0.25) is 0 Å². The molecule has 14 heavy (non-hydrogen) atoms. The zero-order chi connectivity index (χ0) is 10.6.